The van der Waals surface area contributed by atoms with Gasteiger partial charge in [0.05, 0.1) is 0 Å². The molecule has 0 heterocycles. The van der Waals surface area contributed by atoms with Gasteiger partial charge in [0.1, 0.15) is 0 Å². The van der Waals surface area contributed by atoms with Crippen LogP contribution in [0.1, 0.15) is 15.7 Å². The van der Waals surface area contributed by atoms with Crippen molar-refractivity contribution in [3.8, 4) is 0 Å². The van der Waals surface area contributed by atoms with E-state index in [4.69, 9.17) is 5.11 Å². The van der Waals surface area contributed by atoms with E-state index in [2.05, 4.69) is 6.58 Å². The van der Waals surface area contributed by atoms with Crippen molar-refractivity contribution >= 4 is 23.1 Å². The summed E-state index contributed by atoms with van der Waals surface area (Å²) >= 11 is 0. The van der Waals surface area contributed by atoms with Gasteiger partial charge in [0.25, 0.3) is 0 Å². The van der Waals surface area contributed by atoms with Crippen LogP contribution in [-0.4, -0.2) is 34.8 Å². The van der Waals surface area contributed by atoms with Crippen LogP contribution in [0.15, 0.2) is 12.7 Å². The maximum Gasteiger partial charge on any atom is 2.00 e. The molecule has 2 heteroatoms. The van der Waals surface area contributed by atoms with Crippen molar-refractivity contribution in [3.05, 3.63) is 12.7 Å². The summed E-state index contributed by atoms with van der Waals surface area (Å²) in [4.78, 5) is 0. The Morgan fingerprint density at radius 3 is 2.43 bits per heavy atom. The minimum atomic E-state index is 0. The van der Waals surface area contributed by atoms with E-state index in [1.165, 1.54) is 0 Å². The largest absolute Gasteiger partial charge is 2.00 e. The molecule has 1 nitrogen and oxygen atoms in total. The minimum Gasteiger partial charge on any atom is -1.00 e. The third kappa shape index (κ3) is 10.7. The van der Waals surface area contributed by atoms with Gasteiger partial charge >= 0.3 is 23.1 Å². The zero-order valence-electron chi connectivity index (χ0n) is 6.56. The van der Waals surface area contributed by atoms with Crippen LogP contribution < -0.4 is 0 Å². The van der Waals surface area contributed by atoms with E-state index in [9.17, 15) is 0 Å². The fourth-order valence-corrected chi connectivity index (χ4v) is 0.236. The van der Waals surface area contributed by atoms with Crippen molar-refractivity contribution in [1.29, 1.82) is 0 Å². The topological polar surface area (TPSA) is 20.2 Å². The first-order valence-electron chi connectivity index (χ1n) is 2.13. The van der Waals surface area contributed by atoms with Gasteiger partial charge in [0.15, 0.2) is 0 Å². The molecule has 0 amide bonds. The molecule has 0 saturated heterocycles. The Morgan fingerprint density at radius 1 is 1.71 bits per heavy atom. The molecule has 0 radical (unpaired) electrons. The molecule has 0 saturated carbocycles. The first kappa shape index (κ1) is 10.4. The quantitative estimate of drug-likeness (QED) is 0.325. The van der Waals surface area contributed by atoms with Gasteiger partial charge in [-0.15, -0.1) is 6.58 Å². The van der Waals surface area contributed by atoms with E-state index in [0.717, 1.165) is 12.8 Å². The first-order valence-corrected chi connectivity index (χ1v) is 2.13. The fourth-order valence-electron chi connectivity index (χ4n) is 0.236. The van der Waals surface area contributed by atoms with Gasteiger partial charge in [-0.05, 0) is 12.8 Å². The molecule has 1 N–H and O–H groups in total. The normalized spacial score (nSPS) is 7.00. The van der Waals surface area contributed by atoms with Crippen LogP contribution in [0.3, 0.4) is 0 Å². The van der Waals surface area contributed by atoms with Gasteiger partial charge in [-0.25, -0.2) is 0 Å². The smallest absolute Gasteiger partial charge is 1.00 e. The van der Waals surface area contributed by atoms with Gasteiger partial charge in [0, 0.05) is 6.61 Å². The molecule has 7 heavy (non-hydrogen) atoms. The summed E-state index contributed by atoms with van der Waals surface area (Å²) in [5.41, 5.74) is 0. The Labute approximate surface area is 63.5 Å². The first-order chi connectivity index (χ1) is 2.91. The predicted octanol–water partition coefficient (Wildman–Crippen LogP) is 0.789. The van der Waals surface area contributed by atoms with Crippen LogP contribution in [0, 0.1) is 0 Å². The molecule has 0 aliphatic heterocycles. The molecule has 0 rings (SSSR count). The maximum atomic E-state index is 8.15. The predicted molar refractivity (Wildman–Crippen MR) is 34.5 cm³/mol. The van der Waals surface area contributed by atoms with E-state index in [-0.39, 0.29) is 32.5 Å². The summed E-state index contributed by atoms with van der Waals surface area (Å²) in [5, 5.41) is 8.15. The van der Waals surface area contributed by atoms with Gasteiger partial charge in [-0.2, -0.15) is 0 Å². The second kappa shape index (κ2) is 9.69. The van der Waals surface area contributed by atoms with Gasteiger partial charge in [-0.3, -0.25) is 0 Å². The third-order valence-electron chi connectivity index (χ3n) is 0.566. The molecule has 0 spiro atoms. The van der Waals surface area contributed by atoms with Crippen molar-refractivity contribution in [1.82, 2.24) is 0 Å². The van der Waals surface area contributed by atoms with E-state index >= 15 is 0 Å². The monoisotopic (exact) mass is 112 g/mol. The molecule has 0 aromatic rings. The van der Waals surface area contributed by atoms with E-state index in [1.807, 2.05) is 0 Å². The van der Waals surface area contributed by atoms with Crippen molar-refractivity contribution in [2.24, 2.45) is 0 Å². The zero-order chi connectivity index (χ0) is 4.83. The number of unbranched alkanes of at least 4 members (excludes halogenated alkanes) is 1. The van der Waals surface area contributed by atoms with E-state index in [0.29, 0.717) is 0 Å². The van der Waals surface area contributed by atoms with Crippen LogP contribution in [0.5, 0.6) is 0 Å². The average molecular weight is 112 g/mol. The van der Waals surface area contributed by atoms with Gasteiger partial charge in [-0.1, -0.05) is 6.08 Å². The van der Waals surface area contributed by atoms with Crippen LogP contribution in [-0.2, 0) is 0 Å². The standard InChI is InChI=1S/C5H10O.Mg.2H/c1-2-3-4-5-6;;;/h2,6H,1,3-5H2;;;/q;+2;2*-1. The van der Waals surface area contributed by atoms with E-state index in [1.54, 1.807) is 6.08 Å². The summed E-state index contributed by atoms with van der Waals surface area (Å²) in [5.74, 6) is 0. The molecule has 40 valence electrons. The minimum absolute atomic E-state index is 0. The Hall–Kier alpha value is 0.466. The summed E-state index contributed by atoms with van der Waals surface area (Å²) < 4.78 is 0. The van der Waals surface area contributed by atoms with Crippen LogP contribution in [0.25, 0.3) is 0 Å². The Balaban J connectivity index is -0.0000000417. The number of allylic oxidation sites excluding steroid dienone is 1. The summed E-state index contributed by atoms with van der Waals surface area (Å²) in [7, 11) is 0. The molecule has 0 unspecified atom stereocenters. The second-order valence-electron chi connectivity index (χ2n) is 1.15. The van der Waals surface area contributed by atoms with Crippen molar-refractivity contribution in [2.75, 3.05) is 6.61 Å². The van der Waals surface area contributed by atoms with Crippen molar-refractivity contribution in [2.45, 2.75) is 12.8 Å². The number of hydrogen-bond acceptors (Lipinski definition) is 1. The molecule has 0 aromatic heterocycles. The molecular formula is C5H12MgO. The number of aliphatic hydroxyl groups is 1. The summed E-state index contributed by atoms with van der Waals surface area (Å²) in [6, 6.07) is 0. The number of aliphatic hydroxyl groups excluding tert-OH is 1. The Kier molecular flexibility index (Phi) is 14.5. The molecule has 0 aromatic carbocycles. The van der Waals surface area contributed by atoms with Crippen LogP contribution in [0.2, 0.25) is 0 Å². The molecule has 0 atom stereocenters. The van der Waals surface area contributed by atoms with Crippen molar-refractivity contribution < 1.29 is 7.96 Å². The maximum absolute atomic E-state index is 8.15. The molecule has 0 aliphatic rings. The Morgan fingerprint density at radius 2 is 2.29 bits per heavy atom. The summed E-state index contributed by atoms with van der Waals surface area (Å²) in [6.07, 6.45) is 3.58. The number of rotatable bonds is 3. The van der Waals surface area contributed by atoms with Crippen LogP contribution >= 0.6 is 0 Å². The number of hydrogen-bond donors (Lipinski definition) is 1. The van der Waals surface area contributed by atoms with Gasteiger partial charge < -0.3 is 7.96 Å². The molecule has 0 bridgehead atoms. The summed E-state index contributed by atoms with van der Waals surface area (Å²) in [6.45, 7) is 3.77. The third-order valence-corrected chi connectivity index (χ3v) is 0.566. The SMILES string of the molecule is C=CCCCO.[H-].[H-].[Mg+2]. The van der Waals surface area contributed by atoms with Gasteiger partial charge in [0.2, 0.25) is 0 Å². The fraction of sp³-hybridized carbons (Fsp3) is 0.600. The second-order valence-corrected chi connectivity index (χ2v) is 1.15. The van der Waals surface area contributed by atoms with Crippen molar-refractivity contribution in [3.63, 3.8) is 0 Å². The molecule has 0 aliphatic carbocycles. The molecule has 0 fully saturated rings. The molecular weight excluding hydrogens is 100 g/mol. The average Bonchev–Trinajstić information content (AvgIpc) is 1.61. The zero-order valence-corrected chi connectivity index (χ0v) is 5.97. The Bertz CT molecular complexity index is 43.9. The van der Waals surface area contributed by atoms with Crippen LogP contribution in [0.4, 0.5) is 0 Å². The van der Waals surface area contributed by atoms with E-state index < -0.39 is 0 Å².